The van der Waals surface area contributed by atoms with Gasteiger partial charge in [-0.1, -0.05) is 0 Å². The largest absolute Gasteiger partial charge is 0.325 e. The number of anilines is 1. The van der Waals surface area contributed by atoms with Gasteiger partial charge in [0.05, 0.1) is 11.1 Å². The molecule has 1 aromatic heterocycles. The fraction of sp³-hybridized carbons (Fsp3) is 0.0769. The maximum absolute atomic E-state index is 12.2. The van der Waals surface area contributed by atoms with Crippen molar-refractivity contribution in [1.82, 2.24) is 14.9 Å². The molecule has 0 bridgehead atoms. The Hall–Kier alpha value is -3.21. The van der Waals surface area contributed by atoms with E-state index in [0.717, 1.165) is 11.1 Å². The summed E-state index contributed by atoms with van der Waals surface area (Å²) in [6, 6.07) is 3.81. The summed E-state index contributed by atoms with van der Waals surface area (Å²) in [4.78, 5) is 50.3. The summed E-state index contributed by atoms with van der Waals surface area (Å²) >= 11 is 0. The highest BCUT2D eigenvalue weighted by molar-refractivity contribution is 7.92. The van der Waals surface area contributed by atoms with Crippen LogP contribution in [0.4, 0.5) is 5.69 Å². The summed E-state index contributed by atoms with van der Waals surface area (Å²) in [6.07, 6.45) is 0.763. The normalized spacial score (nSPS) is 14.0. The van der Waals surface area contributed by atoms with Gasteiger partial charge in [-0.05, 0) is 18.2 Å². The number of nitrogens with zero attached hydrogens (tertiary/aromatic N) is 1. The van der Waals surface area contributed by atoms with Crippen LogP contribution in [-0.4, -0.2) is 42.1 Å². The molecule has 0 fully saturated rings. The molecule has 2 heterocycles. The number of benzene rings is 1. The van der Waals surface area contributed by atoms with Crippen LogP contribution in [0.1, 0.15) is 20.7 Å². The molecule has 0 aliphatic carbocycles. The molecule has 1 aliphatic heterocycles. The lowest BCUT2D eigenvalue weighted by molar-refractivity contribution is 0.0693. The first-order valence-corrected chi connectivity index (χ1v) is 8.00. The van der Waals surface area contributed by atoms with Crippen LogP contribution in [0.2, 0.25) is 0 Å². The van der Waals surface area contributed by atoms with Gasteiger partial charge in [-0.3, -0.25) is 29.0 Å². The van der Waals surface area contributed by atoms with Crippen LogP contribution in [0.25, 0.3) is 0 Å². The fourth-order valence-electron chi connectivity index (χ4n) is 2.23. The summed E-state index contributed by atoms with van der Waals surface area (Å²) < 4.78 is 26.6. The molecule has 3 rings (SSSR count). The lowest BCUT2D eigenvalue weighted by atomic mass is 10.1. The first kappa shape index (κ1) is 15.7. The van der Waals surface area contributed by atoms with E-state index in [1.165, 1.54) is 25.2 Å². The Morgan fingerprint density at radius 2 is 1.71 bits per heavy atom. The summed E-state index contributed by atoms with van der Waals surface area (Å²) in [5.41, 5.74) is -1.72. The summed E-state index contributed by atoms with van der Waals surface area (Å²) in [5.74, 6) is -1.04. The van der Waals surface area contributed by atoms with Gasteiger partial charge in [0.15, 0.2) is 4.90 Å². The molecule has 10 nitrogen and oxygen atoms in total. The number of rotatable bonds is 3. The number of imide groups is 1. The lowest BCUT2D eigenvalue weighted by Crippen LogP contribution is -2.29. The smallest absolute Gasteiger partial charge is 0.313 e. The third-order valence-electron chi connectivity index (χ3n) is 3.42. The van der Waals surface area contributed by atoms with Crippen LogP contribution in [0, 0.1) is 0 Å². The van der Waals surface area contributed by atoms with Crippen LogP contribution >= 0.6 is 0 Å². The topological polar surface area (TPSA) is 149 Å². The quantitative estimate of drug-likeness (QED) is 0.610. The van der Waals surface area contributed by atoms with E-state index in [-0.39, 0.29) is 16.8 Å². The van der Waals surface area contributed by atoms with Crippen molar-refractivity contribution in [2.75, 3.05) is 11.8 Å². The first-order chi connectivity index (χ1) is 11.2. The highest BCUT2D eigenvalue weighted by Gasteiger charge is 2.33. The van der Waals surface area contributed by atoms with Crippen molar-refractivity contribution in [2.45, 2.75) is 4.90 Å². The number of amides is 2. The molecule has 1 aromatic carbocycles. The van der Waals surface area contributed by atoms with Crippen LogP contribution < -0.4 is 16.0 Å². The van der Waals surface area contributed by atoms with Crippen LogP contribution in [0.15, 0.2) is 38.9 Å². The Morgan fingerprint density at radius 1 is 1.04 bits per heavy atom. The summed E-state index contributed by atoms with van der Waals surface area (Å²) in [5, 5.41) is 0. The Bertz CT molecular complexity index is 1100. The number of carbonyl (C=O) groups excluding carboxylic acids is 2. The molecule has 0 atom stereocenters. The van der Waals surface area contributed by atoms with Crippen molar-refractivity contribution in [3.63, 3.8) is 0 Å². The third-order valence-corrected chi connectivity index (χ3v) is 4.80. The van der Waals surface area contributed by atoms with Gasteiger partial charge in [-0.25, -0.2) is 13.2 Å². The zero-order valence-corrected chi connectivity index (χ0v) is 12.9. The number of carbonyl (C=O) groups is 2. The van der Waals surface area contributed by atoms with E-state index >= 15 is 0 Å². The van der Waals surface area contributed by atoms with Gasteiger partial charge in [-0.2, -0.15) is 0 Å². The highest BCUT2D eigenvalue weighted by atomic mass is 32.2. The number of aromatic amines is 2. The molecule has 3 N–H and O–H groups in total. The van der Waals surface area contributed by atoms with E-state index in [1.807, 2.05) is 0 Å². The second-order valence-electron chi connectivity index (χ2n) is 4.97. The molecule has 0 radical (unpaired) electrons. The zero-order valence-electron chi connectivity index (χ0n) is 12.1. The third kappa shape index (κ3) is 2.40. The molecule has 24 heavy (non-hydrogen) atoms. The second-order valence-corrected chi connectivity index (χ2v) is 6.62. The molecular formula is C13H10N4O6S. The predicted molar refractivity (Wildman–Crippen MR) is 81.4 cm³/mol. The van der Waals surface area contributed by atoms with Crippen molar-refractivity contribution in [1.29, 1.82) is 0 Å². The van der Waals surface area contributed by atoms with Crippen molar-refractivity contribution in [2.24, 2.45) is 0 Å². The monoisotopic (exact) mass is 350 g/mol. The molecule has 0 saturated carbocycles. The van der Waals surface area contributed by atoms with Gasteiger partial charge in [0.1, 0.15) is 0 Å². The molecule has 0 unspecified atom stereocenters. The number of nitrogens with one attached hydrogen (secondary N) is 3. The Balaban J connectivity index is 2.01. The molecule has 0 spiro atoms. The van der Waals surface area contributed by atoms with Crippen LogP contribution in [-0.2, 0) is 10.0 Å². The van der Waals surface area contributed by atoms with Crippen molar-refractivity contribution < 1.29 is 18.0 Å². The summed E-state index contributed by atoms with van der Waals surface area (Å²) in [6.45, 7) is 0. The molecule has 0 saturated heterocycles. The van der Waals surface area contributed by atoms with E-state index in [2.05, 4.69) is 9.71 Å². The minimum absolute atomic E-state index is 0.00389. The predicted octanol–water partition coefficient (Wildman–Crippen LogP) is -0.910. The molecule has 2 aromatic rings. The maximum Gasteiger partial charge on any atom is 0.325 e. The number of hydrogen-bond acceptors (Lipinski definition) is 6. The van der Waals surface area contributed by atoms with Crippen LogP contribution in [0.5, 0.6) is 0 Å². The van der Waals surface area contributed by atoms with E-state index in [1.54, 1.807) is 4.98 Å². The molecule has 1 aliphatic rings. The zero-order chi connectivity index (χ0) is 17.6. The number of aromatic nitrogens is 2. The number of H-pyrrole nitrogens is 2. The Morgan fingerprint density at radius 3 is 2.38 bits per heavy atom. The number of fused-ring (bicyclic) bond motifs is 1. The standard InChI is InChI=1S/C13H10N4O6S/c1-17-11(19)7-3-2-6(4-8(7)12(17)20)16-24(22,23)9-5-14-13(21)15-10(9)18/h2-5,16H,1H3,(H2,14,15,18,21). The molecule has 124 valence electrons. The Labute approximate surface area is 134 Å². The van der Waals surface area contributed by atoms with Crippen LogP contribution in [0.3, 0.4) is 0 Å². The molecular weight excluding hydrogens is 340 g/mol. The minimum Gasteiger partial charge on any atom is -0.313 e. The second kappa shape index (κ2) is 5.16. The number of hydrogen-bond donors (Lipinski definition) is 3. The average molecular weight is 350 g/mol. The van der Waals surface area contributed by atoms with E-state index in [0.29, 0.717) is 0 Å². The van der Waals surface area contributed by atoms with Crippen molar-refractivity contribution in [3.05, 3.63) is 56.4 Å². The highest BCUT2D eigenvalue weighted by Crippen LogP contribution is 2.25. The van der Waals surface area contributed by atoms with Gasteiger partial charge in [0, 0.05) is 18.9 Å². The molecule has 11 heteroatoms. The van der Waals surface area contributed by atoms with Gasteiger partial charge >= 0.3 is 5.69 Å². The van der Waals surface area contributed by atoms with Gasteiger partial charge < -0.3 is 4.98 Å². The lowest BCUT2D eigenvalue weighted by Gasteiger charge is -2.07. The van der Waals surface area contributed by atoms with Gasteiger partial charge in [-0.15, -0.1) is 0 Å². The Kier molecular flexibility index (Phi) is 3.37. The minimum atomic E-state index is -4.30. The maximum atomic E-state index is 12.2. The van der Waals surface area contributed by atoms with E-state index < -0.39 is 38.0 Å². The van der Waals surface area contributed by atoms with E-state index in [4.69, 9.17) is 0 Å². The van der Waals surface area contributed by atoms with Crippen molar-refractivity contribution >= 4 is 27.5 Å². The SMILES string of the molecule is CN1C(=O)c2ccc(NS(=O)(=O)c3c[nH]c(=O)[nH]c3=O)cc2C1=O. The first-order valence-electron chi connectivity index (χ1n) is 6.52. The summed E-state index contributed by atoms with van der Waals surface area (Å²) in [7, 11) is -2.98. The van der Waals surface area contributed by atoms with E-state index in [9.17, 15) is 27.6 Å². The number of sulfonamides is 1. The molecule has 2 amide bonds. The fourth-order valence-corrected chi connectivity index (χ4v) is 3.29. The van der Waals surface area contributed by atoms with Gasteiger partial charge in [0.2, 0.25) is 0 Å². The van der Waals surface area contributed by atoms with Gasteiger partial charge in [0.25, 0.3) is 27.4 Å². The average Bonchev–Trinajstić information content (AvgIpc) is 2.71. The van der Waals surface area contributed by atoms with Crippen molar-refractivity contribution in [3.8, 4) is 0 Å².